The molecule has 0 amide bonds. The third kappa shape index (κ3) is 8.00. The van der Waals surface area contributed by atoms with Crippen molar-refractivity contribution in [1.29, 1.82) is 0 Å². The van der Waals surface area contributed by atoms with Crippen LogP contribution in [0, 0.1) is 0 Å². The smallest absolute Gasteiger partial charge is 0.0662 e. The first-order valence-corrected chi connectivity index (χ1v) is 4.99. The zero-order valence-corrected chi connectivity index (χ0v) is 9.39. The maximum absolute atomic E-state index is 5.65. The lowest BCUT2D eigenvalue weighted by Gasteiger charge is -2.23. The van der Waals surface area contributed by atoms with Gasteiger partial charge in [0.25, 0.3) is 0 Å². The van der Waals surface area contributed by atoms with E-state index in [0.29, 0.717) is 6.61 Å². The van der Waals surface area contributed by atoms with Gasteiger partial charge in [-0.3, -0.25) is 0 Å². The van der Waals surface area contributed by atoms with Crippen LogP contribution >= 0.6 is 0 Å². The van der Waals surface area contributed by atoms with Crippen LogP contribution in [0.25, 0.3) is 0 Å². The summed E-state index contributed by atoms with van der Waals surface area (Å²) in [7, 11) is 0. The van der Waals surface area contributed by atoms with Crippen molar-refractivity contribution in [3.05, 3.63) is 12.7 Å². The Bertz CT molecular complexity index is 138. The molecule has 0 aromatic carbocycles. The molecule has 0 saturated carbocycles. The average Bonchev–Trinajstić information content (AvgIpc) is 2.03. The second-order valence-corrected chi connectivity index (χ2v) is 4.22. The number of rotatable bonds is 6. The van der Waals surface area contributed by atoms with Crippen molar-refractivity contribution in [2.45, 2.75) is 45.8 Å². The second-order valence-electron chi connectivity index (χ2n) is 4.22. The molecule has 1 N–H and O–H groups in total. The maximum Gasteiger partial charge on any atom is 0.0662 e. The van der Waals surface area contributed by atoms with Crippen LogP contribution in [0.2, 0.25) is 0 Å². The third-order valence-corrected chi connectivity index (χ3v) is 1.64. The third-order valence-electron chi connectivity index (χ3n) is 1.64. The summed E-state index contributed by atoms with van der Waals surface area (Å²) >= 11 is 0. The van der Waals surface area contributed by atoms with Gasteiger partial charge in [-0.25, -0.2) is 0 Å². The molecule has 0 aromatic rings. The molecule has 0 rings (SSSR count). The average molecular weight is 185 g/mol. The van der Waals surface area contributed by atoms with Crippen molar-refractivity contribution < 1.29 is 4.74 Å². The van der Waals surface area contributed by atoms with Gasteiger partial charge in [0.1, 0.15) is 0 Å². The Morgan fingerprint density at radius 3 is 2.46 bits per heavy atom. The first kappa shape index (κ1) is 12.7. The number of nitrogens with one attached hydrogen (secondary N) is 1. The minimum Gasteiger partial charge on any atom is -0.374 e. The fourth-order valence-corrected chi connectivity index (χ4v) is 0.880. The Balaban J connectivity index is 3.65. The Labute approximate surface area is 82.4 Å². The van der Waals surface area contributed by atoms with E-state index in [1.807, 2.05) is 6.08 Å². The van der Waals surface area contributed by atoms with E-state index in [2.05, 4.69) is 39.6 Å². The molecule has 0 aliphatic rings. The standard InChI is InChI=1S/C11H23NO/c1-6-8-12-10(7-2)9-13-11(3,4)5/h7,10,12H,2,6,8-9H2,1,3-5H3. The van der Waals surface area contributed by atoms with Crippen LogP contribution in [0.15, 0.2) is 12.7 Å². The molecule has 13 heavy (non-hydrogen) atoms. The van der Waals surface area contributed by atoms with Crippen LogP contribution in [0.1, 0.15) is 34.1 Å². The SMILES string of the molecule is C=CC(COC(C)(C)C)NCCC. The van der Waals surface area contributed by atoms with E-state index in [-0.39, 0.29) is 11.6 Å². The van der Waals surface area contributed by atoms with Crippen molar-refractivity contribution in [2.24, 2.45) is 0 Å². The number of hydrogen-bond donors (Lipinski definition) is 1. The molecule has 0 bridgehead atoms. The van der Waals surface area contributed by atoms with Gasteiger partial charge in [0.05, 0.1) is 12.2 Å². The monoisotopic (exact) mass is 185 g/mol. The molecule has 78 valence electrons. The van der Waals surface area contributed by atoms with Crippen LogP contribution in [0.5, 0.6) is 0 Å². The maximum atomic E-state index is 5.65. The molecule has 1 unspecified atom stereocenters. The van der Waals surface area contributed by atoms with Gasteiger partial charge < -0.3 is 10.1 Å². The van der Waals surface area contributed by atoms with Crippen molar-refractivity contribution in [2.75, 3.05) is 13.2 Å². The summed E-state index contributed by atoms with van der Waals surface area (Å²) in [6, 6.07) is 0.277. The normalized spacial score (nSPS) is 14.2. The first-order chi connectivity index (χ1) is 5.99. The summed E-state index contributed by atoms with van der Waals surface area (Å²) in [5, 5.41) is 3.35. The summed E-state index contributed by atoms with van der Waals surface area (Å²) in [6.45, 7) is 13.8. The largest absolute Gasteiger partial charge is 0.374 e. The minimum atomic E-state index is -0.0604. The lowest BCUT2D eigenvalue weighted by atomic mass is 10.2. The fraction of sp³-hybridized carbons (Fsp3) is 0.818. The fourth-order valence-electron chi connectivity index (χ4n) is 0.880. The molecule has 0 aromatic heterocycles. The van der Waals surface area contributed by atoms with Crippen molar-refractivity contribution in [3.63, 3.8) is 0 Å². The van der Waals surface area contributed by atoms with E-state index >= 15 is 0 Å². The highest BCUT2D eigenvalue weighted by Gasteiger charge is 2.12. The molecule has 2 heteroatoms. The minimum absolute atomic E-state index is 0.0604. The van der Waals surface area contributed by atoms with Gasteiger partial charge in [-0.1, -0.05) is 13.0 Å². The van der Waals surface area contributed by atoms with Gasteiger partial charge in [-0.2, -0.15) is 0 Å². The Morgan fingerprint density at radius 2 is 2.08 bits per heavy atom. The molecule has 0 aliphatic carbocycles. The highest BCUT2D eigenvalue weighted by atomic mass is 16.5. The van der Waals surface area contributed by atoms with Crippen molar-refractivity contribution >= 4 is 0 Å². The zero-order chi connectivity index (χ0) is 10.3. The van der Waals surface area contributed by atoms with Crippen LogP contribution in [0.4, 0.5) is 0 Å². The molecular weight excluding hydrogens is 162 g/mol. The molecule has 0 radical (unpaired) electrons. The summed E-state index contributed by atoms with van der Waals surface area (Å²) < 4.78 is 5.65. The summed E-state index contributed by atoms with van der Waals surface area (Å²) in [5.41, 5.74) is -0.0604. The van der Waals surface area contributed by atoms with Gasteiger partial charge in [0.15, 0.2) is 0 Å². The van der Waals surface area contributed by atoms with E-state index in [9.17, 15) is 0 Å². The molecule has 0 saturated heterocycles. The highest BCUT2D eigenvalue weighted by Crippen LogP contribution is 2.07. The Hall–Kier alpha value is -0.340. The second kappa shape index (κ2) is 6.17. The Kier molecular flexibility index (Phi) is 6.00. The van der Waals surface area contributed by atoms with Crippen LogP contribution in [0.3, 0.4) is 0 Å². The van der Waals surface area contributed by atoms with E-state index in [0.717, 1.165) is 13.0 Å². The van der Waals surface area contributed by atoms with Crippen molar-refractivity contribution in [1.82, 2.24) is 5.32 Å². The van der Waals surface area contributed by atoms with E-state index < -0.39 is 0 Å². The summed E-state index contributed by atoms with van der Waals surface area (Å²) in [6.07, 6.45) is 3.04. The molecule has 0 heterocycles. The summed E-state index contributed by atoms with van der Waals surface area (Å²) in [5.74, 6) is 0. The van der Waals surface area contributed by atoms with Gasteiger partial charge in [-0.15, -0.1) is 6.58 Å². The van der Waals surface area contributed by atoms with Crippen molar-refractivity contribution in [3.8, 4) is 0 Å². The van der Waals surface area contributed by atoms with Crippen LogP contribution < -0.4 is 5.32 Å². The molecule has 0 spiro atoms. The van der Waals surface area contributed by atoms with Crippen LogP contribution in [-0.4, -0.2) is 24.8 Å². The number of ether oxygens (including phenoxy) is 1. The number of hydrogen-bond acceptors (Lipinski definition) is 2. The predicted octanol–water partition coefficient (Wildman–Crippen LogP) is 2.36. The quantitative estimate of drug-likeness (QED) is 0.641. The van der Waals surface area contributed by atoms with Gasteiger partial charge in [0, 0.05) is 6.04 Å². The van der Waals surface area contributed by atoms with Gasteiger partial charge in [-0.05, 0) is 33.7 Å². The van der Waals surface area contributed by atoms with E-state index in [1.165, 1.54) is 0 Å². The highest BCUT2D eigenvalue weighted by molar-refractivity contribution is 4.85. The topological polar surface area (TPSA) is 21.3 Å². The lowest BCUT2D eigenvalue weighted by molar-refractivity contribution is -0.00882. The zero-order valence-electron chi connectivity index (χ0n) is 9.39. The lowest BCUT2D eigenvalue weighted by Crippen LogP contribution is -2.35. The van der Waals surface area contributed by atoms with E-state index in [1.54, 1.807) is 0 Å². The molecule has 0 aliphatic heterocycles. The van der Waals surface area contributed by atoms with Gasteiger partial charge in [0.2, 0.25) is 0 Å². The molecule has 2 nitrogen and oxygen atoms in total. The first-order valence-electron chi connectivity index (χ1n) is 4.99. The molecule has 0 fully saturated rings. The van der Waals surface area contributed by atoms with Crippen LogP contribution in [-0.2, 0) is 4.74 Å². The predicted molar refractivity (Wildman–Crippen MR) is 58.0 cm³/mol. The Morgan fingerprint density at radius 1 is 1.46 bits per heavy atom. The summed E-state index contributed by atoms with van der Waals surface area (Å²) in [4.78, 5) is 0. The molecule has 1 atom stereocenters. The van der Waals surface area contributed by atoms with E-state index in [4.69, 9.17) is 4.74 Å². The van der Waals surface area contributed by atoms with Gasteiger partial charge >= 0.3 is 0 Å². The molecular formula is C11H23NO.